The van der Waals surface area contributed by atoms with Gasteiger partial charge in [0, 0.05) is 43.9 Å². The molecule has 0 bridgehead atoms. The Bertz CT molecular complexity index is 3250. The molecule has 10 aromatic rings. The standard InChI is InChI=1S/C56H48N6/c1-34-20-24-47-41(28-34)42-29-35(2)21-25-48(42)61(47)40-32-45(54-59-52(36-16-12-10-13-17-36)58-53(60-54)37-18-14-11-15-19-37)51(46(33-40)57-9)62-49-26-22-38(55(3,4)5)30-43(49)44-31-39(56(6,7)8)23-27-50(44)62/h10-33H,1-8H3. The van der Waals surface area contributed by atoms with Gasteiger partial charge in [-0.05, 0) is 96.5 Å². The molecule has 0 fully saturated rings. The van der Waals surface area contributed by atoms with Crippen molar-refractivity contribution in [2.75, 3.05) is 0 Å². The Labute approximate surface area is 363 Å². The summed E-state index contributed by atoms with van der Waals surface area (Å²) in [6.45, 7) is 26.8. The number of fused-ring (bicyclic) bond motifs is 6. The minimum Gasteiger partial charge on any atom is -0.318 e. The van der Waals surface area contributed by atoms with E-state index in [2.05, 4.69) is 148 Å². The summed E-state index contributed by atoms with van der Waals surface area (Å²) in [7, 11) is 0. The van der Waals surface area contributed by atoms with Crippen molar-refractivity contribution >= 4 is 49.3 Å². The van der Waals surface area contributed by atoms with Crippen molar-refractivity contribution < 1.29 is 0 Å². The lowest BCUT2D eigenvalue weighted by Crippen LogP contribution is -2.10. The van der Waals surface area contributed by atoms with Crippen molar-refractivity contribution in [1.29, 1.82) is 0 Å². The molecule has 0 spiro atoms. The molecular weight excluding hydrogens is 757 g/mol. The van der Waals surface area contributed by atoms with Crippen LogP contribution >= 0.6 is 0 Å². The fourth-order valence-corrected chi connectivity index (χ4v) is 8.88. The molecule has 0 aliphatic carbocycles. The number of nitrogens with zero attached hydrogens (tertiary/aromatic N) is 6. The van der Waals surface area contributed by atoms with Gasteiger partial charge >= 0.3 is 0 Å². The van der Waals surface area contributed by atoms with Gasteiger partial charge in [0.25, 0.3) is 0 Å². The number of hydrogen-bond acceptors (Lipinski definition) is 3. The van der Waals surface area contributed by atoms with Crippen LogP contribution < -0.4 is 0 Å². The van der Waals surface area contributed by atoms with E-state index in [-0.39, 0.29) is 10.8 Å². The van der Waals surface area contributed by atoms with Crippen molar-refractivity contribution in [2.24, 2.45) is 0 Å². The van der Waals surface area contributed by atoms with E-state index < -0.39 is 0 Å². The Kier molecular flexibility index (Phi) is 9.01. The smallest absolute Gasteiger partial charge is 0.213 e. The highest BCUT2D eigenvalue weighted by Gasteiger charge is 2.27. The molecule has 62 heavy (non-hydrogen) atoms. The van der Waals surface area contributed by atoms with Crippen LogP contribution in [0.5, 0.6) is 0 Å². The van der Waals surface area contributed by atoms with Crippen LogP contribution in [0.2, 0.25) is 0 Å². The molecule has 0 radical (unpaired) electrons. The van der Waals surface area contributed by atoms with Crippen LogP contribution in [-0.4, -0.2) is 24.1 Å². The van der Waals surface area contributed by atoms with Crippen LogP contribution in [0.25, 0.3) is 94.0 Å². The maximum Gasteiger partial charge on any atom is 0.213 e. The van der Waals surface area contributed by atoms with Crippen LogP contribution in [0.4, 0.5) is 5.69 Å². The zero-order valence-electron chi connectivity index (χ0n) is 36.5. The lowest BCUT2D eigenvalue weighted by Gasteiger charge is -2.21. The third-order valence-corrected chi connectivity index (χ3v) is 12.2. The molecule has 3 heterocycles. The van der Waals surface area contributed by atoms with Crippen molar-refractivity contribution in [2.45, 2.75) is 66.2 Å². The van der Waals surface area contributed by atoms with Crippen molar-refractivity contribution in [3.63, 3.8) is 0 Å². The summed E-state index contributed by atoms with van der Waals surface area (Å²) in [6.07, 6.45) is 0. The highest BCUT2D eigenvalue weighted by molar-refractivity contribution is 6.12. The number of aryl methyl sites for hydroxylation is 2. The molecule has 6 nitrogen and oxygen atoms in total. The molecule has 0 atom stereocenters. The lowest BCUT2D eigenvalue weighted by molar-refractivity contribution is 0.590. The van der Waals surface area contributed by atoms with Gasteiger partial charge in [-0.3, -0.25) is 0 Å². The Morgan fingerprint density at radius 1 is 0.452 bits per heavy atom. The molecule has 6 heteroatoms. The van der Waals surface area contributed by atoms with Gasteiger partial charge in [0.1, 0.15) is 0 Å². The second-order valence-electron chi connectivity index (χ2n) is 18.7. The average Bonchev–Trinajstić information content (AvgIpc) is 3.76. The third kappa shape index (κ3) is 6.53. The number of aromatic nitrogens is 5. The van der Waals surface area contributed by atoms with Crippen LogP contribution in [0.3, 0.4) is 0 Å². The molecule has 0 saturated heterocycles. The van der Waals surface area contributed by atoms with E-state index in [1.54, 1.807) is 0 Å². The Hall–Kier alpha value is -7.36. The molecule has 302 valence electrons. The van der Waals surface area contributed by atoms with Crippen molar-refractivity contribution in [3.05, 3.63) is 179 Å². The Morgan fingerprint density at radius 2 is 0.871 bits per heavy atom. The molecule has 0 saturated carbocycles. The summed E-state index contributed by atoms with van der Waals surface area (Å²) in [5, 5.41) is 4.62. The van der Waals surface area contributed by atoms with E-state index in [9.17, 15) is 0 Å². The van der Waals surface area contributed by atoms with Crippen LogP contribution in [0, 0.1) is 20.4 Å². The second kappa shape index (κ2) is 14.4. The summed E-state index contributed by atoms with van der Waals surface area (Å²) >= 11 is 0. The molecule has 0 unspecified atom stereocenters. The summed E-state index contributed by atoms with van der Waals surface area (Å²) in [6, 6.07) is 51.3. The zero-order valence-corrected chi connectivity index (χ0v) is 36.5. The summed E-state index contributed by atoms with van der Waals surface area (Å²) in [5.74, 6) is 1.61. The summed E-state index contributed by atoms with van der Waals surface area (Å²) in [5.41, 5.74) is 13.5. The molecule has 10 rings (SSSR count). The molecule has 0 aliphatic rings. The SMILES string of the molecule is [C-]#[N+]c1cc(-n2c3ccc(C)cc3c3cc(C)ccc32)cc(-c2nc(-c3ccccc3)nc(-c3ccccc3)n2)c1-n1c2ccc(C(C)(C)C)cc2c2cc(C(C)(C)C)ccc21. The zero-order chi connectivity index (χ0) is 43.1. The first-order valence-electron chi connectivity index (χ1n) is 21.3. The first-order chi connectivity index (χ1) is 29.8. The summed E-state index contributed by atoms with van der Waals surface area (Å²) in [4.78, 5) is 20.1. The third-order valence-electron chi connectivity index (χ3n) is 12.2. The second-order valence-corrected chi connectivity index (χ2v) is 18.7. The molecule has 3 aromatic heterocycles. The monoisotopic (exact) mass is 804 g/mol. The van der Waals surface area contributed by atoms with Gasteiger partial charge < -0.3 is 9.13 Å². The Balaban J connectivity index is 1.37. The van der Waals surface area contributed by atoms with Crippen molar-refractivity contribution in [1.82, 2.24) is 24.1 Å². The maximum absolute atomic E-state index is 9.00. The normalized spacial score (nSPS) is 12.2. The van der Waals surface area contributed by atoms with Gasteiger partial charge in [-0.1, -0.05) is 138 Å². The molecular formula is C56H48N6. The predicted octanol–water partition coefficient (Wildman–Crippen LogP) is 14.8. The van der Waals surface area contributed by atoms with Crippen molar-refractivity contribution in [3.8, 4) is 45.5 Å². The van der Waals surface area contributed by atoms with Crippen LogP contribution in [0.15, 0.2) is 146 Å². The van der Waals surface area contributed by atoms with E-state index >= 15 is 0 Å². The van der Waals surface area contributed by atoms with Gasteiger partial charge in [0.15, 0.2) is 17.5 Å². The number of benzene rings is 7. The van der Waals surface area contributed by atoms with E-state index in [0.29, 0.717) is 23.2 Å². The maximum atomic E-state index is 9.00. The summed E-state index contributed by atoms with van der Waals surface area (Å²) < 4.78 is 4.57. The van der Waals surface area contributed by atoms with Gasteiger partial charge in [0.05, 0.1) is 34.3 Å². The van der Waals surface area contributed by atoms with E-state index in [4.69, 9.17) is 21.5 Å². The first-order valence-corrected chi connectivity index (χ1v) is 21.3. The molecule has 7 aromatic carbocycles. The highest BCUT2D eigenvalue weighted by atomic mass is 15.1. The van der Waals surface area contributed by atoms with E-state index in [0.717, 1.165) is 60.9 Å². The fraction of sp³-hybridized carbons (Fsp3) is 0.179. The number of rotatable bonds is 5. The molecule has 0 aliphatic heterocycles. The fourth-order valence-electron chi connectivity index (χ4n) is 8.88. The predicted molar refractivity (Wildman–Crippen MR) is 258 cm³/mol. The van der Waals surface area contributed by atoms with Gasteiger partial charge in [-0.15, -0.1) is 0 Å². The van der Waals surface area contributed by atoms with E-state index in [1.807, 2.05) is 66.7 Å². The van der Waals surface area contributed by atoms with Gasteiger partial charge in [-0.25, -0.2) is 19.8 Å². The Morgan fingerprint density at radius 3 is 1.32 bits per heavy atom. The number of hydrogen-bond donors (Lipinski definition) is 0. The molecule has 0 amide bonds. The highest BCUT2D eigenvalue weighted by Crippen LogP contribution is 2.45. The lowest BCUT2D eigenvalue weighted by atomic mass is 9.85. The molecule has 0 N–H and O–H groups in total. The van der Waals surface area contributed by atoms with E-state index in [1.165, 1.54) is 33.0 Å². The van der Waals surface area contributed by atoms with Crippen LogP contribution in [0.1, 0.15) is 63.8 Å². The largest absolute Gasteiger partial charge is 0.318 e. The first kappa shape index (κ1) is 38.8. The van der Waals surface area contributed by atoms with Crippen LogP contribution in [-0.2, 0) is 10.8 Å². The minimum atomic E-state index is -0.0648. The average molecular weight is 805 g/mol. The minimum absolute atomic E-state index is 0.0648. The topological polar surface area (TPSA) is 52.9 Å². The van der Waals surface area contributed by atoms with Gasteiger partial charge in [-0.2, -0.15) is 0 Å². The quantitative estimate of drug-likeness (QED) is 0.163. The van der Waals surface area contributed by atoms with Gasteiger partial charge in [0.2, 0.25) is 5.69 Å².